The number of piperidine rings is 1. The number of nitrogens with one attached hydrogen (secondary N) is 2. The molecule has 1 aliphatic rings. The van der Waals surface area contributed by atoms with Crippen molar-refractivity contribution in [3.05, 3.63) is 34.9 Å². The first-order valence-corrected chi connectivity index (χ1v) is 7.92. The van der Waals surface area contributed by atoms with Crippen LogP contribution in [0.1, 0.15) is 56.3 Å². The Morgan fingerprint density at radius 3 is 2.76 bits per heavy atom. The third-order valence-electron chi connectivity index (χ3n) is 4.65. The molecule has 0 aliphatic carbocycles. The number of aryl methyl sites for hydroxylation is 2. The van der Waals surface area contributed by atoms with Crippen molar-refractivity contribution >= 4 is 5.91 Å². The van der Waals surface area contributed by atoms with Gasteiger partial charge in [0, 0.05) is 0 Å². The summed E-state index contributed by atoms with van der Waals surface area (Å²) in [5.41, 5.74) is 3.68. The summed E-state index contributed by atoms with van der Waals surface area (Å²) in [5.74, 6) is 0.119. The predicted octanol–water partition coefficient (Wildman–Crippen LogP) is 3.26. The first kappa shape index (κ1) is 16.0. The Balaban J connectivity index is 2.10. The molecular weight excluding hydrogens is 260 g/mol. The van der Waals surface area contributed by atoms with Gasteiger partial charge in [0.2, 0.25) is 5.91 Å². The van der Waals surface area contributed by atoms with Crippen LogP contribution >= 0.6 is 0 Å². The quantitative estimate of drug-likeness (QED) is 0.896. The SMILES string of the molecule is Cc1ccc(C)c(C(C)NC(=O)C2NCCCC2(C)C)c1. The van der Waals surface area contributed by atoms with Gasteiger partial charge in [-0.2, -0.15) is 0 Å². The standard InChI is InChI=1S/C18H28N2O/c1-12-7-8-13(2)15(11-12)14(3)20-17(21)16-18(4,5)9-6-10-19-16/h7-8,11,14,16,19H,6,9-10H2,1-5H3,(H,20,21). The second-order valence-corrected chi connectivity index (χ2v) is 7.07. The second kappa shape index (κ2) is 6.18. The predicted molar refractivity (Wildman–Crippen MR) is 87.3 cm³/mol. The monoisotopic (exact) mass is 288 g/mol. The summed E-state index contributed by atoms with van der Waals surface area (Å²) in [6.07, 6.45) is 2.24. The highest BCUT2D eigenvalue weighted by molar-refractivity contribution is 5.83. The Labute approximate surface area is 128 Å². The van der Waals surface area contributed by atoms with E-state index in [0.29, 0.717) is 0 Å². The number of amides is 1. The lowest BCUT2D eigenvalue weighted by Crippen LogP contribution is -2.55. The molecule has 1 heterocycles. The lowest BCUT2D eigenvalue weighted by Gasteiger charge is -2.38. The largest absolute Gasteiger partial charge is 0.348 e. The topological polar surface area (TPSA) is 41.1 Å². The van der Waals surface area contributed by atoms with Gasteiger partial charge in [0.15, 0.2) is 0 Å². The lowest BCUT2D eigenvalue weighted by molar-refractivity contribution is -0.127. The van der Waals surface area contributed by atoms with E-state index in [4.69, 9.17) is 0 Å². The van der Waals surface area contributed by atoms with Crippen LogP contribution in [0.15, 0.2) is 18.2 Å². The van der Waals surface area contributed by atoms with Gasteiger partial charge >= 0.3 is 0 Å². The summed E-state index contributed by atoms with van der Waals surface area (Å²) in [5, 5.41) is 6.57. The van der Waals surface area contributed by atoms with Crippen molar-refractivity contribution in [2.75, 3.05) is 6.54 Å². The van der Waals surface area contributed by atoms with Crippen LogP contribution in [0.2, 0.25) is 0 Å². The maximum Gasteiger partial charge on any atom is 0.238 e. The van der Waals surface area contributed by atoms with Crippen molar-refractivity contribution < 1.29 is 4.79 Å². The van der Waals surface area contributed by atoms with E-state index in [9.17, 15) is 4.79 Å². The van der Waals surface area contributed by atoms with Crippen molar-refractivity contribution in [1.29, 1.82) is 0 Å². The average molecular weight is 288 g/mol. The van der Waals surface area contributed by atoms with Gasteiger partial charge in [0.1, 0.15) is 0 Å². The summed E-state index contributed by atoms with van der Waals surface area (Å²) in [4.78, 5) is 12.6. The summed E-state index contributed by atoms with van der Waals surface area (Å²) >= 11 is 0. The lowest BCUT2D eigenvalue weighted by atomic mass is 9.77. The minimum atomic E-state index is -0.0983. The minimum absolute atomic E-state index is 0.0176. The van der Waals surface area contributed by atoms with E-state index < -0.39 is 0 Å². The summed E-state index contributed by atoms with van der Waals surface area (Å²) in [6, 6.07) is 6.34. The third kappa shape index (κ3) is 3.65. The van der Waals surface area contributed by atoms with Gasteiger partial charge in [-0.3, -0.25) is 4.79 Å². The highest BCUT2D eigenvalue weighted by Gasteiger charge is 2.37. The van der Waals surface area contributed by atoms with Crippen LogP contribution in [0.3, 0.4) is 0 Å². The molecule has 1 aromatic carbocycles. The fraction of sp³-hybridized carbons (Fsp3) is 0.611. The Morgan fingerprint density at radius 1 is 1.38 bits per heavy atom. The van der Waals surface area contributed by atoms with E-state index in [-0.39, 0.29) is 23.4 Å². The highest BCUT2D eigenvalue weighted by Crippen LogP contribution is 2.30. The molecule has 2 atom stereocenters. The zero-order valence-electron chi connectivity index (χ0n) is 13.9. The van der Waals surface area contributed by atoms with Crippen molar-refractivity contribution in [3.63, 3.8) is 0 Å². The van der Waals surface area contributed by atoms with Gasteiger partial charge in [0.05, 0.1) is 12.1 Å². The van der Waals surface area contributed by atoms with Crippen molar-refractivity contribution in [1.82, 2.24) is 10.6 Å². The molecule has 21 heavy (non-hydrogen) atoms. The fourth-order valence-corrected chi connectivity index (χ4v) is 3.26. The second-order valence-electron chi connectivity index (χ2n) is 7.07. The Kier molecular flexibility index (Phi) is 4.72. The van der Waals surface area contributed by atoms with E-state index in [1.54, 1.807) is 0 Å². The van der Waals surface area contributed by atoms with Gasteiger partial charge in [-0.25, -0.2) is 0 Å². The molecule has 3 heteroatoms. The molecule has 1 aromatic rings. The first-order chi connectivity index (χ1) is 9.81. The molecule has 1 fully saturated rings. The normalized spacial score (nSPS) is 22.6. The number of carbonyl (C=O) groups is 1. The molecule has 1 saturated heterocycles. The smallest absolute Gasteiger partial charge is 0.238 e. The highest BCUT2D eigenvalue weighted by atomic mass is 16.2. The van der Waals surface area contributed by atoms with E-state index in [2.05, 4.69) is 63.5 Å². The molecule has 2 N–H and O–H groups in total. The molecule has 0 radical (unpaired) electrons. The summed E-state index contributed by atoms with van der Waals surface area (Å²) in [6.45, 7) is 11.5. The van der Waals surface area contributed by atoms with Crippen LogP contribution in [0.5, 0.6) is 0 Å². The zero-order chi connectivity index (χ0) is 15.6. The molecule has 2 unspecified atom stereocenters. The molecule has 0 aromatic heterocycles. The van der Waals surface area contributed by atoms with Crippen LogP contribution < -0.4 is 10.6 Å². The van der Waals surface area contributed by atoms with Gasteiger partial charge in [0.25, 0.3) is 0 Å². The van der Waals surface area contributed by atoms with E-state index >= 15 is 0 Å². The Morgan fingerprint density at radius 2 is 2.10 bits per heavy atom. The summed E-state index contributed by atoms with van der Waals surface area (Å²) < 4.78 is 0. The van der Waals surface area contributed by atoms with Gasteiger partial charge < -0.3 is 10.6 Å². The van der Waals surface area contributed by atoms with Crippen LogP contribution in [-0.2, 0) is 4.79 Å². The number of benzene rings is 1. The molecule has 3 nitrogen and oxygen atoms in total. The molecule has 116 valence electrons. The van der Waals surface area contributed by atoms with Gasteiger partial charge in [-0.15, -0.1) is 0 Å². The number of carbonyl (C=O) groups excluding carboxylic acids is 1. The number of rotatable bonds is 3. The van der Waals surface area contributed by atoms with E-state index in [1.165, 1.54) is 16.7 Å². The number of hydrogen-bond donors (Lipinski definition) is 2. The zero-order valence-corrected chi connectivity index (χ0v) is 13.9. The van der Waals surface area contributed by atoms with Gasteiger partial charge in [-0.1, -0.05) is 37.6 Å². The summed E-state index contributed by atoms with van der Waals surface area (Å²) in [7, 11) is 0. The molecule has 2 rings (SSSR count). The van der Waals surface area contributed by atoms with Crippen molar-refractivity contribution in [2.24, 2.45) is 5.41 Å². The molecule has 0 spiro atoms. The Bertz CT molecular complexity index is 522. The molecule has 0 saturated carbocycles. The molecule has 1 aliphatic heterocycles. The van der Waals surface area contributed by atoms with Crippen LogP contribution in [-0.4, -0.2) is 18.5 Å². The van der Waals surface area contributed by atoms with Crippen LogP contribution in [0.4, 0.5) is 0 Å². The molecular formula is C18H28N2O. The van der Waals surface area contributed by atoms with E-state index in [1.807, 2.05) is 0 Å². The van der Waals surface area contributed by atoms with Gasteiger partial charge in [-0.05, 0) is 56.7 Å². The molecule has 1 amide bonds. The van der Waals surface area contributed by atoms with Crippen LogP contribution in [0.25, 0.3) is 0 Å². The van der Waals surface area contributed by atoms with E-state index in [0.717, 1.165) is 19.4 Å². The minimum Gasteiger partial charge on any atom is -0.348 e. The van der Waals surface area contributed by atoms with Crippen molar-refractivity contribution in [2.45, 2.75) is 59.5 Å². The third-order valence-corrected chi connectivity index (χ3v) is 4.65. The maximum atomic E-state index is 12.6. The fourth-order valence-electron chi connectivity index (χ4n) is 3.26. The van der Waals surface area contributed by atoms with Crippen LogP contribution in [0, 0.1) is 19.3 Å². The first-order valence-electron chi connectivity index (χ1n) is 7.92. The molecule has 0 bridgehead atoms. The maximum absolute atomic E-state index is 12.6. The van der Waals surface area contributed by atoms with Crippen molar-refractivity contribution in [3.8, 4) is 0 Å². The Hall–Kier alpha value is -1.35. The average Bonchev–Trinajstić information content (AvgIpc) is 2.40. The number of hydrogen-bond acceptors (Lipinski definition) is 2.